The third-order valence-corrected chi connectivity index (χ3v) is 3.92. The number of aromatic nitrogens is 1. The number of rotatable bonds is 5. The number of hydrogen-bond acceptors (Lipinski definition) is 4. The highest BCUT2D eigenvalue weighted by Crippen LogP contribution is 2.17. The van der Waals surface area contributed by atoms with Gasteiger partial charge in [0.15, 0.2) is 0 Å². The summed E-state index contributed by atoms with van der Waals surface area (Å²) in [6.07, 6.45) is 2.63. The summed E-state index contributed by atoms with van der Waals surface area (Å²) in [5.41, 5.74) is 0.965. The summed E-state index contributed by atoms with van der Waals surface area (Å²) in [5, 5.41) is 2.89. The van der Waals surface area contributed by atoms with Crippen LogP contribution in [0.2, 0.25) is 0 Å². The van der Waals surface area contributed by atoms with Crippen molar-refractivity contribution >= 4 is 17.2 Å². The number of amides is 1. The van der Waals surface area contributed by atoms with E-state index in [9.17, 15) is 4.79 Å². The monoisotopic (exact) mass is 276 g/mol. The molecule has 0 aliphatic rings. The Morgan fingerprint density at radius 3 is 2.95 bits per heavy atom. The van der Waals surface area contributed by atoms with Crippen LogP contribution in [0.25, 0.3) is 0 Å². The summed E-state index contributed by atoms with van der Waals surface area (Å²) in [6, 6.07) is 7.53. The fourth-order valence-corrected chi connectivity index (χ4v) is 2.50. The molecule has 1 amide bonds. The number of carbonyl (C=O) groups is 1. The molecule has 19 heavy (non-hydrogen) atoms. The van der Waals surface area contributed by atoms with Gasteiger partial charge >= 0.3 is 0 Å². The lowest BCUT2D eigenvalue weighted by molar-refractivity contribution is 0.0955. The summed E-state index contributed by atoms with van der Waals surface area (Å²) in [4.78, 5) is 17.9. The summed E-state index contributed by atoms with van der Waals surface area (Å²) in [5.74, 6) is 0.511. The van der Waals surface area contributed by atoms with Gasteiger partial charge in [-0.3, -0.25) is 4.79 Å². The van der Waals surface area contributed by atoms with E-state index in [2.05, 4.69) is 17.2 Å². The number of ether oxygens (including phenoxy) is 1. The number of thiophene rings is 1. The molecule has 0 unspecified atom stereocenters. The zero-order valence-electron chi connectivity index (χ0n) is 11.0. The van der Waals surface area contributed by atoms with Crippen LogP contribution in [0.4, 0.5) is 0 Å². The van der Waals surface area contributed by atoms with Crippen LogP contribution in [0, 0.1) is 0 Å². The van der Waals surface area contributed by atoms with E-state index < -0.39 is 0 Å². The fraction of sp³-hybridized carbons (Fsp3) is 0.286. The molecule has 2 rings (SSSR count). The van der Waals surface area contributed by atoms with Crippen molar-refractivity contribution in [2.75, 3.05) is 7.11 Å². The summed E-state index contributed by atoms with van der Waals surface area (Å²) < 4.78 is 5.04. The molecule has 0 atom stereocenters. The van der Waals surface area contributed by atoms with Gasteiger partial charge in [0.05, 0.1) is 12.0 Å². The molecule has 0 aliphatic heterocycles. The van der Waals surface area contributed by atoms with E-state index >= 15 is 0 Å². The third kappa shape index (κ3) is 3.54. The van der Waals surface area contributed by atoms with Crippen molar-refractivity contribution in [1.29, 1.82) is 0 Å². The van der Waals surface area contributed by atoms with Gasteiger partial charge in [-0.25, -0.2) is 4.98 Å². The van der Waals surface area contributed by atoms with E-state index in [0.717, 1.165) is 16.9 Å². The maximum atomic E-state index is 12.0. The van der Waals surface area contributed by atoms with Gasteiger partial charge in [0, 0.05) is 23.7 Å². The molecular weight excluding hydrogens is 260 g/mol. The van der Waals surface area contributed by atoms with Crippen LogP contribution in [-0.2, 0) is 13.0 Å². The van der Waals surface area contributed by atoms with Crippen molar-refractivity contribution in [1.82, 2.24) is 10.3 Å². The lowest BCUT2D eigenvalue weighted by Crippen LogP contribution is -2.21. The van der Waals surface area contributed by atoms with Crippen LogP contribution in [-0.4, -0.2) is 18.0 Å². The molecule has 5 heteroatoms. The van der Waals surface area contributed by atoms with Gasteiger partial charge in [0.25, 0.3) is 5.91 Å². The standard InChI is InChI=1S/C14H16N2O2S/c1-3-11-4-5-12(19-11)14(17)16-9-10-6-7-15-13(8-10)18-2/h4-8H,3,9H2,1-2H3,(H,16,17). The van der Waals surface area contributed by atoms with Crippen LogP contribution in [0.15, 0.2) is 30.5 Å². The van der Waals surface area contributed by atoms with Gasteiger partial charge in [0.1, 0.15) is 0 Å². The van der Waals surface area contributed by atoms with Crippen molar-refractivity contribution in [3.8, 4) is 5.88 Å². The molecule has 100 valence electrons. The maximum absolute atomic E-state index is 12.0. The van der Waals surface area contributed by atoms with Crippen LogP contribution in [0.3, 0.4) is 0 Å². The second-order valence-electron chi connectivity index (χ2n) is 4.01. The second kappa shape index (κ2) is 6.33. The molecule has 0 spiro atoms. The molecule has 0 aromatic carbocycles. The zero-order valence-corrected chi connectivity index (χ0v) is 11.8. The zero-order chi connectivity index (χ0) is 13.7. The van der Waals surface area contributed by atoms with Crippen molar-refractivity contribution < 1.29 is 9.53 Å². The summed E-state index contributed by atoms with van der Waals surface area (Å²) >= 11 is 1.53. The molecule has 2 heterocycles. The van der Waals surface area contributed by atoms with Crippen molar-refractivity contribution in [2.24, 2.45) is 0 Å². The number of carbonyl (C=O) groups excluding carboxylic acids is 1. The minimum Gasteiger partial charge on any atom is -0.481 e. The highest BCUT2D eigenvalue weighted by molar-refractivity contribution is 7.14. The number of pyridine rings is 1. The van der Waals surface area contributed by atoms with Gasteiger partial charge in [-0.2, -0.15) is 0 Å². The Kier molecular flexibility index (Phi) is 4.52. The fourth-order valence-electron chi connectivity index (χ4n) is 1.63. The highest BCUT2D eigenvalue weighted by Gasteiger charge is 2.08. The first-order valence-corrected chi connectivity index (χ1v) is 6.90. The van der Waals surface area contributed by atoms with Crippen molar-refractivity contribution in [3.63, 3.8) is 0 Å². The minimum atomic E-state index is -0.0412. The average Bonchev–Trinajstić information content (AvgIpc) is 2.94. The molecule has 4 nitrogen and oxygen atoms in total. The molecule has 2 aromatic heterocycles. The number of aryl methyl sites for hydroxylation is 1. The Hall–Kier alpha value is -1.88. The lowest BCUT2D eigenvalue weighted by Gasteiger charge is -2.05. The molecule has 0 radical (unpaired) electrons. The molecule has 0 aliphatic carbocycles. The van der Waals surface area contributed by atoms with Crippen molar-refractivity contribution in [2.45, 2.75) is 19.9 Å². The largest absolute Gasteiger partial charge is 0.481 e. The van der Waals surface area contributed by atoms with Crippen LogP contribution < -0.4 is 10.1 Å². The van der Waals surface area contributed by atoms with Gasteiger partial charge in [-0.1, -0.05) is 6.92 Å². The Bertz CT molecular complexity index is 566. The quantitative estimate of drug-likeness (QED) is 0.913. The SMILES string of the molecule is CCc1ccc(C(=O)NCc2ccnc(OC)c2)s1. The Balaban J connectivity index is 1.96. The number of hydrogen-bond donors (Lipinski definition) is 1. The molecule has 2 aromatic rings. The average molecular weight is 276 g/mol. The number of nitrogens with one attached hydrogen (secondary N) is 1. The summed E-state index contributed by atoms with van der Waals surface area (Å²) in [6.45, 7) is 2.55. The van der Waals surface area contributed by atoms with E-state index in [1.54, 1.807) is 13.3 Å². The normalized spacial score (nSPS) is 10.2. The van der Waals surface area contributed by atoms with E-state index in [0.29, 0.717) is 12.4 Å². The van der Waals surface area contributed by atoms with E-state index in [1.807, 2.05) is 24.3 Å². The van der Waals surface area contributed by atoms with Crippen molar-refractivity contribution in [3.05, 3.63) is 45.8 Å². The molecule has 0 saturated carbocycles. The van der Waals surface area contributed by atoms with Gasteiger partial charge in [0.2, 0.25) is 5.88 Å². The van der Waals surface area contributed by atoms with Gasteiger partial charge < -0.3 is 10.1 Å². The Morgan fingerprint density at radius 2 is 2.26 bits per heavy atom. The highest BCUT2D eigenvalue weighted by atomic mass is 32.1. The lowest BCUT2D eigenvalue weighted by atomic mass is 10.2. The molecule has 0 saturated heterocycles. The first kappa shape index (κ1) is 13.5. The first-order valence-electron chi connectivity index (χ1n) is 6.08. The van der Waals surface area contributed by atoms with Crippen LogP contribution in [0.1, 0.15) is 27.0 Å². The topological polar surface area (TPSA) is 51.2 Å². The second-order valence-corrected chi connectivity index (χ2v) is 5.18. The minimum absolute atomic E-state index is 0.0412. The van der Waals surface area contributed by atoms with E-state index in [4.69, 9.17) is 4.74 Å². The molecular formula is C14H16N2O2S. The first-order chi connectivity index (χ1) is 9.22. The van der Waals surface area contributed by atoms with Gasteiger partial charge in [-0.05, 0) is 30.2 Å². The van der Waals surface area contributed by atoms with Gasteiger partial charge in [-0.15, -0.1) is 11.3 Å². The molecule has 1 N–H and O–H groups in total. The predicted octanol–water partition coefficient (Wildman–Crippen LogP) is 2.64. The number of nitrogens with zero attached hydrogens (tertiary/aromatic N) is 1. The summed E-state index contributed by atoms with van der Waals surface area (Å²) in [7, 11) is 1.57. The Labute approximate surface area is 116 Å². The number of methoxy groups -OCH3 is 1. The molecule has 0 bridgehead atoms. The smallest absolute Gasteiger partial charge is 0.261 e. The van der Waals surface area contributed by atoms with E-state index in [1.165, 1.54) is 16.2 Å². The third-order valence-electron chi connectivity index (χ3n) is 2.70. The molecule has 0 fully saturated rings. The Morgan fingerprint density at radius 1 is 1.42 bits per heavy atom. The van der Waals surface area contributed by atoms with E-state index in [-0.39, 0.29) is 5.91 Å². The predicted molar refractivity (Wildman–Crippen MR) is 75.7 cm³/mol. The maximum Gasteiger partial charge on any atom is 0.261 e. The van der Waals surface area contributed by atoms with Crippen LogP contribution >= 0.6 is 11.3 Å². The van der Waals surface area contributed by atoms with Crippen LogP contribution in [0.5, 0.6) is 5.88 Å².